The second-order valence-electron chi connectivity index (χ2n) is 4.99. The van der Waals surface area contributed by atoms with Crippen LogP contribution in [0.2, 0.25) is 0 Å². The van der Waals surface area contributed by atoms with Gasteiger partial charge in [-0.25, -0.2) is 4.68 Å². The predicted molar refractivity (Wildman–Crippen MR) is 78.9 cm³/mol. The molecule has 21 heavy (non-hydrogen) atoms. The van der Waals surface area contributed by atoms with Crippen LogP contribution in [0.3, 0.4) is 0 Å². The largest absolute Gasteiger partial charge is 0.461 e. The van der Waals surface area contributed by atoms with Crippen LogP contribution in [0.15, 0.2) is 30.3 Å². The number of hydrogen-bond acceptors (Lipinski definition) is 5. The van der Waals surface area contributed by atoms with E-state index in [1.165, 1.54) is 0 Å². The summed E-state index contributed by atoms with van der Waals surface area (Å²) in [5.41, 5.74) is 0.991. The molecule has 0 radical (unpaired) electrons. The molecule has 3 rings (SSSR count). The Hall–Kier alpha value is -1.92. The topological polar surface area (TPSA) is 52.4 Å². The molecule has 1 aliphatic heterocycles. The molecule has 0 unspecified atom stereocenters. The van der Waals surface area contributed by atoms with E-state index in [1.807, 2.05) is 37.3 Å². The van der Waals surface area contributed by atoms with E-state index in [9.17, 15) is 0 Å². The lowest BCUT2D eigenvalue weighted by Crippen LogP contribution is -2.38. The average molecular weight is 288 g/mol. The van der Waals surface area contributed by atoms with E-state index in [2.05, 4.69) is 15.0 Å². The summed E-state index contributed by atoms with van der Waals surface area (Å²) < 4.78 is 12.8. The first-order valence-corrected chi connectivity index (χ1v) is 7.25. The van der Waals surface area contributed by atoms with Crippen LogP contribution >= 0.6 is 0 Å². The zero-order valence-corrected chi connectivity index (χ0v) is 12.2. The van der Waals surface area contributed by atoms with Crippen LogP contribution in [0.1, 0.15) is 5.82 Å². The van der Waals surface area contributed by atoms with Crippen LogP contribution in [-0.2, 0) is 4.74 Å². The number of morpholine rings is 1. The van der Waals surface area contributed by atoms with Crippen molar-refractivity contribution in [2.24, 2.45) is 0 Å². The number of para-hydroxylation sites is 1. The van der Waals surface area contributed by atoms with E-state index in [4.69, 9.17) is 9.47 Å². The summed E-state index contributed by atoms with van der Waals surface area (Å²) in [5, 5.41) is 4.40. The molecule has 0 spiro atoms. The van der Waals surface area contributed by atoms with Crippen LogP contribution in [0, 0.1) is 6.92 Å². The quantitative estimate of drug-likeness (QED) is 0.830. The maximum Gasteiger partial charge on any atom is 0.336 e. The maximum atomic E-state index is 5.67. The number of aryl methyl sites for hydroxylation is 1. The SMILES string of the molecule is Cc1nc(OCCN2CCOCC2)nn1-c1ccccc1. The first-order valence-electron chi connectivity index (χ1n) is 7.25. The van der Waals surface area contributed by atoms with Crippen LogP contribution in [-0.4, -0.2) is 59.1 Å². The molecule has 1 aromatic heterocycles. The van der Waals surface area contributed by atoms with Gasteiger partial charge in [0.05, 0.1) is 18.9 Å². The highest BCUT2D eigenvalue weighted by atomic mass is 16.5. The minimum absolute atomic E-state index is 0.435. The lowest BCUT2D eigenvalue weighted by molar-refractivity contribution is 0.0317. The molecule has 2 heterocycles. The normalized spacial score (nSPS) is 16.0. The van der Waals surface area contributed by atoms with Crippen LogP contribution in [0.25, 0.3) is 5.69 Å². The monoisotopic (exact) mass is 288 g/mol. The van der Waals surface area contributed by atoms with Gasteiger partial charge >= 0.3 is 6.01 Å². The minimum Gasteiger partial charge on any atom is -0.461 e. The Morgan fingerprint density at radius 2 is 1.95 bits per heavy atom. The van der Waals surface area contributed by atoms with Gasteiger partial charge in [0.25, 0.3) is 0 Å². The maximum absolute atomic E-state index is 5.67. The van der Waals surface area contributed by atoms with E-state index >= 15 is 0 Å². The second kappa shape index (κ2) is 6.69. The van der Waals surface area contributed by atoms with Crippen molar-refractivity contribution in [3.63, 3.8) is 0 Å². The van der Waals surface area contributed by atoms with Crippen molar-refractivity contribution < 1.29 is 9.47 Å². The van der Waals surface area contributed by atoms with Gasteiger partial charge in [0.2, 0.25) is 0 Å². The van der Waals surface area contributed by atoms with Gasteiger partial charge in [-0.1, -0.05) is 18.2 Å². The van der Waals surface area contributed by atoms with Crippen molar-refractivity contribution in [3.05, 3.63) is 36.2 Å². The fourth-order valence-corrected chi connectivity index (χ4v) is 2.33. The van der Waals surface area contributed by atoms with Crippen molar-refractivity contribution in [3.8, 4) is 11.7 Å². The molecule has 1 fully saturated rings. The first-order chi connectivity index (χ1) is 10.3. The Labute approximate surface area is 124 Å². The molecule has 112 valence electrons. The third-order valence-corrected chi connectivity index (χ3v) is 3.49. The molecule has 2 aromatic rings. The first kappa shape index (κ1) is 14.0. The summed E-state index contributed by atoms with van der Waals surface area (Å²) in [6.45, 7) is 6.94. The highest BCUT2D eigenvalue weighted by molar-refractivity contribution is 5.31. The highest BCUT2D eigenvalue weighted by Gasteiger charge is 2.12. The third-order valence-electron chi connectivity index (χ3n) is 3.49. The third kappa shape index (κ3) is 3.59. The summed E-state index contributed by atoms with van der Waals surface area (Å²) in [4.78, 5) is 6.68. The molecule has 1 aliphatic rings. The molecular formula is C15H20N4O2. The van der Waals surface area contributed by atoms with Crippen molar-refractivity contribution in [2.45, 2.75) is 6.92 Å². The zero-order valence-electron chi connectivity index (χ0n) is 12.2. The van der Waals surface area contributed by atoms with Crippen molar-refractivity contribution in [1.82, 2.24) is 19.7 Å². The fraction of sp³-hybridized carbons (Fsp3) is 0.467. The highest BCUT2D eigenvalue weighted by Crippen LogP contribution is 2.12. The molecule has 6 heteroatoms. The Kier molecular flexibility index (Phi) is 4.47. The van der Waals surface area contributed by atoms with E-state index in [1.54, 1.807) is 4.68 Å². The van der Waals surface area contributed by atoms with Gasteiger partial charge in [-0.2, -0.15) is 4.98 Å². The lowest BCUT2D eigenvalue weighted by Gasteiger charge is -2.25. The summed E-state index contributed by atoms with van der Waals surface area (Å²) in [5.74, 6) is 0.822. The van der Waals surface area contributed by atoms with Crippen molar-refractivity contribution >= 4 is 0 Å². The summed E-state index contributed by atoms with van der Waals surface area (Å²) in [6.07, 6.45) is 0. The summed E-state index contributed by atoms with van der Waals surface area (Å²) in [6, 6.07) is 10.4. The van der Waals surface area contributed by atoms with Crippen LogP contribution < -0.4 is 4.74 Å². The number of benzene rings is 1. The van der Waals surface area contributed by atoms with E-state index in [0.717, 1.165) is 44.4 Å². The van der Waals surface area contributed by atoms with Crippen molar-refractivity contribution in [1.29, 1.82) is 0 Å². The Bertz CT molecular complexity index is 564. The number of hydrogen-bond donors (Lipinski definition) is 0. The van der Waals surface area contributed by atoms with Crippen LogP contribution in [0.5, 0.6) is 6.01 Å². The number of nitrogens with zero attached hydrogens (tertiary/aromatic N) is 4. The van der Waals surface area contributed by atoms with E-state index < -0.39 is 0 Å². The van der Waals surface area contributed by atoms with Crippen molar-refractivity contribution in [2.75, 3.05) is 39.5 Å². The molecule has 6 nitrogen and oxygen atoms in total. The average Bonchev–Trinajstić information content (AvgIpc) is 2.90. The Morgan fingerprint density at radius 1 is 1.19 bits per heavy atom. The molecule has 0 saturated carbocycles. The second-order valence-corrected chi connectivity index (χ2v) is 4.99. The fourth-order valence-electron chi connectivity index (χ4n) is 2.33. The Morgan fingerprint density at radius 3 is 2.71 bits per heavy atom. The molecule has 0 aliphatic carbocycles. The number of aromatic nitrogens is 3. The van der Waals surface area contributed by atoms with Crippen LogP contribution in [0.4, 0.5) is 0 Å². The molecule has 0 N–H and O–H groups in total. The molecule has 1 saturated heterocycles. The molecule has 1 aromatic carbocycles. The number of rotatable bonds is 5. The van der Waals surface area contributed by atoms with E-state index in [-0.39, 0.29) is 0 Å². The van der Waals surface area contributed by atoms with Gasteiger partial charge in [-0.3, -0.25) is 4.90 Å². The smallest absolute Gasteiger partial charge is 0.336 e. The van der Waals surface area contributed by atoms with Gasteiger partial charge in [0.1, 0.15) is 12.4 Å². The Balaban J connectivity index is 1.57. The lowest BCUT2D eigenvalue weighted by atomic mass is 10.3. The molecule has 0 amide bonds. The van der Waals surface area contributed by atoms with E-state index in [0.29, 0.717) is 12.6 Å². The standard InChI is InChI=1S/C15H20N4O2/c1-13-16-15(17-19(13)14-5-3-2-4-6-14)21-12-9-18-7-10-20-11-8-18/h2-6H,7-12H2,1H3. The van der Waals surface area contributed by atoms with Gasteiger partial charge in [0.15, 0.2) is 0 Å². The van der Waals surface area contributed by atoms with Gasteiger partial charge in [-0.05, 0) is 19.1 Å². The van der Waals surface area contributed by atoms with Gasteiger partial charge < -0.3 is 9.47 Å². The molecular weight excluding hydrogens is 268 g/mol. The van der Waals surface area contributed by atoms with Gasteiger partial charge in [0, 0.05) is 19.6 Å². The van der Waals surface area contributed by atoms with Gasteiger partial charge in [-0.15, -0.1) is 5.10 Å². The molecule has 0 atom stereocenters. The number of ether oxygens (including phenoxy) is 2. The zero-order chi connectivity index (χ0) is 14.5. The predicted octanol–water partition coefficient (Wildman–Crippen LogP) is 1.29. The summed E-state index contributed by atoms with van der Waals surface area (Å²) >= 11 is 0. The summed E-state index contributed by atoms with van der Waals surface area (Å²) in [7, 11) is 0. The molecule has 0 bridgehead atoms. The minimum atomic E-state index is 0.435.